The first-order valence-corrected chi connectivity index (χ1v) is 9.29. The van der Waals surface area contributed by atoms with Gasteiger partial charge >= 0.3 is 5.69 Å². The molecule has 0 aliphatic carbocycles. The zero-order chi connectivity index (χ0) is 18.8. The van der Waals surface area contributed by atoms with Crippen LogP contribution in [0, 0.1) is 5.82 Å². The van der Waals surface area contributed by atoms with Gasteiger partial charge < -0.3 is 0 Å². The molecule has 0 saturated heterocycles. The van der Waals surface area contributed by atoms with E-state index in [1.807, 2.05) is 0 Å². The highest BCUT2D eigenvalue weighted by Gasteiger charge is 2.18. The second kappa shape index (κ2) is 7.41. The van der Waals surface area contributed by atoms with Gasteiger partial charge in [0.25, 0.3) is 5.56 Å². The zero-order valence-corrected chi connectivity index (χ0v) is 15.6. The normalized spacial score (nSPS) is 11.2. The summed E-state index contributed by atoms with van der Waals surface area (Å²) in [6, 6.07) is 5.82. The minimum Gasteiger partial charge on any atom is -0.280 e. The summed E-state index contributed by atoms with van der Waals surface area (Å²) in [4.78, 5) is 33.9. The highest BCUT2D eigenvalue weighted by molar-refractivity contribution is 7.99. The molecule has 0 N–H and O–H groups in total. The number of rotatable bonds is 5. The van der Waals surface area contributed by atoms with E-state index in [1.54, 1.807) is 19.2 Å². The van der Waals surface area contributed by atoms with E-state index in [0.717, 1.165) is 23.2 Å². The van der Waals surface area contributed by atoms with Gasteiger partial charge in [-0.05, 0) is 36.4 Å². The first kappa shape index (κ1) is 18.3. The number of fused-ring (bicyclic) bond motifs is 1. The van der Waals surface area contributed by atoms with Gasteiger partial charge in [-0.3, -0.25) is 13.9 Å². The quantitative estimate of drug-likeness (QED) is 0.390. The molecule has 3 rings (SSSR count). The second-order valence-electron chi connectivity index (χ2n) is 5.97. The topological polar surface area (TPSA) is 69.8 Å². The molecule has 3 aromatic rings. The summed E-state index contributed by atoms with van der Waals surface area (Å²) in [6.45, 7) is 2.09. The van der Waals surface area contributed by atoms with Crippen molar-refractivity contribution in [2.75, 3.05) is 5.75 Å². The van der Waals surface area contributed by atoms with E-state index < -0.39 is 11.2 Å². The second-order valence-corrected chi connectivity index (χ2v) is 7.05. The van der Waals surface area contributed by atoms with Gasteiger partial charge in [-0.25, -0.2) is 19.2 Å². The monoisotopic (exact) mass is 374 g/mol. The molecule has 2 aromatic heterocycles. The minimum atomic E-state index is -0.448. The molecular formula is C18H19FN4O2S. The van der Waals surface area contributed by atoms with Crippen LogP contribution >= 0.6 is 11.8 Å². The van der Waals surface area contributed by atoms with Crippen molar-refractivity contribution in [2.45, 2.75) is 24.8 Å². The number of aromatic nitrogens is 4. The maximum atomic E-state index is 13.2. The fourth-order valence-corrected chi connectivity index (χ4v) is 3.67. The van der Waals surface area contributed by atoms with Crippen molar-refractivity contribution in [1.82, 2.24) is 19.1 Å². The molecule has 8 heteroatoms. The lowest BCUT2D eigenvalue weighted by atomic mass is 10.2. The van der Waals surface area contributed by atoms with Gasteiger partial charge in [-0.15, -0.1) is 11.8 Å². The molecule has 0 saturated carbocycles. The van der Waals surface area contributed by atoms with E-state index >= 15 is 0 Å². The summed E-state index contributed by atoms with van der Waals surface area (Å²) < 4.78 is 15.6. The first-order chi connectivity index (χ1) is 12.4. The third-order valence-electron chi connectivity index (χ3n) is 4.11. The first-order valence-electron chi connectivity index (χ1n) is 8.30. The molecule has 1 aromatic carbocycles. The molecule has 0 radical (unpaired) electrons. The smallest absolute Gasteiger partial charge is 0.280 e. The highest BCUT2D eigenvalue weighted by atomic mass is 32.2. The lowest BCUT2D eigenvalue weighted by molar-refractivity contribution is 0.628. The van der Waals surface area contributed by atoms with Crippen molar-refractivity contribution >= 4 is 22.8 Å². The largest absolute Gasteiger partial charge is 0.332 e. The Hall–Kier alpha value is -2.48. The van der Waals surface area contributed by atoms with Crippen LogP contribution in [-0.4, -0.2) is 24.9 Å². The van der Waals surface area contributed by atoms with Gasteiger partial charge in [0.2, 0.25) is 0 Å². The van der Waals surface area contributed by atoms with Crippen LogP contribution in [0.25, 0.3) is 22.4 Å². The van der Waals surface area contributed by atoms with Crippen LogP contribution in [0.3, 0.4) is 0 Å². The Morgan fingerprint density at radius 3 is 2.42 bits per heavy atom. The average molecular weight is 374 g/mol. The van der Waals surface area contributed by atoms with Gasteiger partial charge in [-0.2, -0.15) is 0 Å². The van der Waals surface area contributed by atoms with Crippen molar-refractivity contribution in [3.8, 4) is 11.4 Å². The molecule has 0 spiro atoms. The summed E-state index contributed by atoms with van der Waals surface area (Å²) in [5.41, 5.74) is 0.0497. The Morgan fingerprint density at radius 1 is 1.08 bits per heavy atom. The zero-order valence-electron chi connectivity index (χ0n) is 14.8. The van der Waals surface area contributed by atoms with E-state index in [1.165, 1.54) is 35.5 Å². The minimum absolute atomic E-state index is 0.284. The molecule has 26 heavy (non-hydrogen) atoms. The number of benzene rings is 1. The fraction of sp³-hybridized carbons (Fsp3) is 0.333. The molecule has 0 atom stereocenters. The van der Waals surface area contributed by atoms with E-state index in [-0.39, 0.29) is 11.5 Å². The Balaban J connectivity index is 2.30. The van der Waals surface area contributed by atoms with Gasteiger partial charge in [-0.1, -0.05) is 13.3 Å². The Bertz CT molecular complexity index is 1070. The summed E-state index contributed by atoms with van der Waals surface area (Å²) in [5.74, 6) is 0.811. The maximum absolute atomic E-state index is 13.2. The van der Waals surface area contributed by atoms with Crippen LogP contribution < -0.4 is 11.2 Å². The van der Waals surface area contributed by atoms with Crippen molar-refractivity contribution < 1.29 is 4.39 Å². The van der Waals surface area contributed by atoms with Crippen LogP contribution in [0.15, 0.2) is 38.9 Å². The number of aryl methyl sites for hydroxylation is 1. The number of hydrogen-bond acceptors (Lipinski definition) is 5. The molecule has 0 aliphatic rings. The standard InChI is InChI=1S/C18H19FN4O2S/c1-4-5-10-26-16-13-15(22(2)18(25)23(3)17(13)24)20-14(21-16)11-6-8-12(19)9-7-11/h6-9H,4-5,10H2,1-3H3. The maximum Gasteiger partial charge on any atom is 0.332 e. The Kier molecular flexibility index (Phi) is 5.22. The summed E-state index contributed by atoms with van der Waals surface area (Å²) in [5, 5.41) is 0.875. The van der Waals surface area contributed by atoms with Crippen molar-refractivity contribution in [2.24, 2.45) is 14.1 Å². The van der Waals surface area contributed by atoms with E-state index in [2.05, 4.69) is 16.9 Å². The van der Waals surface area contributed by atoms with Crippen LogP contribution in [0.1, 0.15) is 19.8 Å². The molecular weight excluding hydrogens is 355 g/mol. The molecule has 0 fully saturated rings. The predicted octanol–water partition coefficient (Wildman–Crippen LogP) is 2.73. The van der Waals surface area contributed by atoms with Gasteiger partial charge in [0.15, 0.2) is 11.5 Å². The molecule has 0 bridgehead atoms. The SMILES string of the molecule is CCCCSc1nc(-c2ccc(F)cc2)nc2c1c(=O)n(C)c(=O)n2C. The van der Waals surface area contributed by atoms with E-state index in [9.17, 15) is 14.0 Å². The molecule has 2 heterocycles. The van der Waals surface area contributed by atoms with Crippen LogP contribution in [-0.2, 0) is 14.1 Å². The van der Waals surface area contributed by atoms with Crippen molar-refractivity contribution in [1.29, 1.82) is 0 Å². The molecule has 0 unspecified atom stereocenters. The van der Waals surface area contributed by atoms with E-state index in [0.29, 0.717) is 21.8 Å². The number of thioether (sulfide) groups is 1. The number of hydrogen-bond donors (Lipinski definition) is 0. The van der Waals surface area contributed by atoms with Gasteiger partial charge in [0, 0.05) is 19.7 Å². The number of nitrogens with zero attached hydrogens (tertiary/aromatic N) is 4. The molecule has 136 valence electrons. The van der Waals surface area contributed by atoms with Crippen LogP contribution in [0.4, 0.5) is 4.39 Å². The third kappa shape index (κ3) is 3.29. The molecule has 0 amide bonds. The number of unbranched alkanes of at least 4 members (excludes halogenated alkanes) is 1. The number of halogens is 1. The summed E-state index contributed by atoms with van der Waals surface area (Å²) in [6.07, 6.45) is 2.01. The third-order valence-corrected chi connectivity index (χ3v) is 5.17. The Morgan fingerprint density at radius 2 is 1.77 bits per heavy atom. The lowest BCUT2D eigenvalue weighted by Crippen LogP contribution is -2.37. The average Bonchev–Trinajstić information content (AvgIpc) is 2.65. The summed E-state index contributed by atoms with van der Waals surface area (Å²) >= 11 is 1.47. The van der Waals surface area contributed by atoms with Crippen LogP contribution in [0.5, 0.6) is 0 Å². The molecule has 6 nitrogen and oxygen atoms in total. The van der Waals surface area contributed by atoms with E-state index in [4.69, 9.17) is 0 Å². The van der Waals surface area contributed by atoms with Crippen LogP contribution in [0.2, 0.25) is 0 Å². The predicted molar refractivity (Wildman–Crippen MR) is 101 cm³/mol. The summed E-state index contributed by atoms with van der Waals surface area (Å²) in [7, 11) is 3.02. The fourth-order valence-electron chi connectivity index (χ4n) is 2.57. The van der Waals surface area contributed by atoms with Crippen molar-refractivity contribution in [3.05, 3.63) is 50.9 Å². The van der Waals surface area contributed by atoms with Gasteiger partial charge in [0.1, 0.15) is 16.2 Å². The Labute approximate surface area is 153 Å². The lowest BCUT2D eigenvalue weighted by Gasteiger charge is -2.12. The van der Waals surface area contributed by atoms with Gasteiger partial charge in [0.05, 0.1) is 0 Å². The highest BCUT2D eigenvalue weighted by Crippen LogP contribution is 2.26. The molecule has 0 aliphatic heterocycles. The van der Waals surface area contributed by atoms with Crippen molar-refractivity contribution in [3.63, 3.8) is 0 Å².